The second-order valence-corrected chi connectivity index (χ2v) is 8.28. The van der Waals surface area contributed by atoms with E-state index in [1.165, 1.54) is 0 Å². The number of hydrogen-bond acceptors (Lipinski definition) is 5. The summed E-state index contributed by atoms with van der Waals surface area (Å²) in [5.74, 6) is 1.61. The van der Waals surface area contributed by atoms with E-state index in [2.05, 4.69) is 15.6 Å². The fourth-order valence-electron chi connectivity index (χ4n) is 3.66. The molecule has 0 radical (unpaired) electrons. The number of piperidine rings is 1. The van der Waals surface area contributed by atoms with Crippen LogP contribution in [0.2, 0.25) is 5.15 Å². The van der Waals surface area contributed by atoms with E-state index < -0.39 is 11.6 Å². The van der Waals surface area contributed by atoms with Crippen LogP contribution in [0.1, 0.15) is 25.0 Å². The normalized spacial score (nSPS) is 23.0. The topological polar surface area (TPSA) is 72.5 Å². The molecule has 4 rings (SSSR count). The van der Waals surface area contributed by atoms with E-state index in [9.17, 15) is 4.79 Å². The number of alkyl carbamates (subject to hydrolysis) is 1. The SMILES string of the molecule is CC(C)(NC(=O)OCc1ccccc1)c1cc(Cl)nc(OC2[C@H]3CNC[C@@H]23)c1. The number of halogens is 1. The van der Waals surface area contributed by atoms with Gasteiger partial charge in [0.1, 0.15) is 17.9 Å². The number of hydrogen-bond donors (Lipinski definition) is 2. The van der Waals surface area contributed by atoms with E-state index >= 15 is 0 Å². The second kappa shape index (κ2) is 7.60. The molecule has 2 aliphatic rings. The van der Waals surface area contributed by atoms with Gasteiger partial charge in [0, 0.05) is 31.0 Å². The van der Waals surface area contributed by atoms with Gasteiger partial charge in [-0.2, -0.15) is 0 Å². The first-order chi connectivity index (χ1) is 13.4. The maximum atomic E-state index is 12.3. The van der Waals surface area contributed by atoms with Crippen molar-refractivity contribution >= 4 is 17.7 Å². The highest BCUT2D eigenvalue weighted by atomic mass is 35.5. The first kappa shape index (κ1) is 19.0. The summed E-state index contributed by atoms with van der Waals surface area (Å²) in [6, 6.07) is 13.1. The summed E-state index contributed by atoms with van der Waals surface area (Å²) in [5.41, 5.74) is 1.05. The number of pyridine rings is 1. The lowest BCUT2D eigenvalue weighted by atomic mass is 9.95. The number of fused-ring (bicyclic) bond motifs is 1. The van der Waals surface area contributed by atoms with Crippen LogP contribution in [0.25, 0.3) is 0 Å². The minimum absolute atomic E-state index is 0.201. The van der Waals surface area contributed by atoms with E-state index in [0.29, 0.717) is 22.9 Å². The number of benzene rings is 1. The first-order valence-corrected chi connectivity index (χ1v) is 9.84. The van der Waals surface area contributed by atoms with E-state index in [1.54, 1.807) is 6.07 Å². The molecular weight excluding hydrogens is 378 g/mol. The van der Waals surface area contributed by atoms with Crippen molar-refractivity contribution in [2.45, 2.75) is 32.1 Å². The third-order valence-electron chi connectivity index (χ3n) is 5.39. The van der Waals surface area contributed by atoms with Crippen molar-refractivity contribution in [3.8, 4) is 5.88 Å². The maximum absolute atomic E-state index is 12.3. The van der Waals surface area contributed by atoms with Crippen LogP contribution in [-0.4, -0.2) is 30.3 Å². The number of aromatic nitrogens is 1. The van der Waals surface area contributed by atoms with Gasteiger partial charge in [0.2, 0.25) is 5.88 Å². The summed E-state index contributed by atoms with van der Waals surface area (Å²) in [6.07, 6.45) is -0.293. The lowest BCUT2D eigenvalue weighted by Gasteiger charge is -2.27. The van der Waals surface area contributed by atoms with Crippen LogP contribution < -0.4 is 15.4 Å². The van der Waals surface area contributed by atoms with Gasteiger partial charge in [-0.1, -0.05) is 41.9 Å². The van der Waals surface area contributed by atoms with Crippen molar-refractivity contribution in [3.05, 3.63) is 58.7 Å². The van der Waals surface area contributed by atoms with Crippen molar-refractivity contribution < 1.29 is 14.3 Å². The molecule has 28 heavy (non-hydrogen) atoms. The van der Waals surface area contributed by atoms with Gasteiger partial charge in [-0.3, -0.25) is 0 Å². The Kier molecular flexibility index (Phi) is 5.17. The fraction of sp³-hybridized carbons (Fsp3) is 0.429. The molecule has 1 unspecified atom stereocenters. The van der Waals surface area contributed by atoms with Gasteiger partial charge in [0.05, 0.1) is 5.54 Å². The monoisotopic (exact) mass is 401 g/mol. The molecule has 1 saturated heterocycles. The molecule has 6 nitrogen and oxygen atoms in total. The molecule has 0 spiro atoms. The third kappa shape index (κ3) is 4.23. The zero-order chi connectivity index (χ0) is 19.7. The maximum Gasteiger partial charge on any atom is 0.408 e. The number of carbonyl (C=O) groups excluding carboxylic acids is 1. The molecule has 1 aliphatic heterocycles. The molecule has 0 bridgehead atoms. The van der Waals surface area contributed by atoms with Crippen LogP contribution >= 0.6 is 11.6 Å². The number of nitrogens with one attached hydrogen (secondary N) is 2. The van der Waals surface area contributed by atoms with E-state index in [1.807, 2.05) is 50.2 Å². The molecule has 2 aromatic rings. The van der Waals surface area contributed by atoms with Crippen LogP contribution in [0.3, 0.4) is 0 Å². The van der Waals surface area contributed by atoms with E-state index in [4.69, 9.17) is 21.1 Å². The summed E-state index contributed by atoms with van der Waals surface area (Å²) in [4.78, 5) is 16.6. The Morgan fingerprint density at radius 3 is 2.68 bits per heavy atom. The molecule has 1 aromatic carbocycles. The van der Waals surface area contributed by atoms with Crippen molar-refractivity contribution in [2.24, 2.45) is 11.8 Å². The molecule has 1 aliphatic carbocycles. The summed E-state index contributed by atoms with van der Waals surface area (Å²) >= 11 is 6.21. The number of rotatable bonds is 6. The van der Waals surface area contributed by atoms with Gasteiger partial charge in [0.15, 0.2) is 0 Å². The zero-order valence-electron chi connectivity index (χ0n) is 15.9. The fourth-order valence-corrected chi connectivity index (χ4v) is 3.86. The largest absolute Gasteiger partial charge is 0.474 e. The smallest absolute Gasteiger partial charge is 0.408 e. The molecule has 148 valence electrons. The minimum atomic E-state index is -0.695. The Balaban J connectivity index is 1.39. The second-order valence-electron chi connectivity index (χ2n) is 7.90. The Labute approximate surface area is 169 Å². The van der Waals surface area contributed by atoms with Crippen molar-refractivity contribution in [3.63, 3.8) is 0 Å². The first-order valence-electron chi connectivity index (χ1n) is 9.47. The van der Waals surface area contributed by atoms with Crippen molar-refractivity contribution in [1.82, 2.24) is 15.6 Å². The highest BCUT2D eigenvalue weighted by molar-refractivity contribution is 6.29. The van der Waals surface area contributed by atoms with E-state index in [0.717, 1.165) is 24.2 Å². The Hall–Kier alpha value is -2.31. The van der Waals surface area contributed by atoms with Crippen LogP contribution in [-0.2, 0) is 16.9 Å². The molecule has 1 aromatic heterocycles. The molecular formula is C21H24ClN3O3. The third-order valence-corrected chi connectivity index (χ3v) is 5.58. The van der Waals surface area contributed by atoms with Gasteiger partial charge in [0.25, 0.3) is 0 Å². The summed E-state index contributed by atoms with van der Waals surface area (Å²) in [6.45, 7) is 5.98. The molecule has 1 amide bonds. The van der Waals surface area contributed by atoms with Crippen LogP contribution in [0.4, 0.5) is 4.79 Å². The molecule has 3 atom stereocenters. The number of carbonyl (C=O) groups is 1. The lowest BCUT2D eigenvalue weighted by Crippen LogP contribution is -2.41. The average Bonchev–Trinajstić information content (AvgIpc) is 3.08. The van der Waals surface area contributed by atoms with Gasteiger partial charge in [-0.05, 0) is 31.0 Å². The highest BCUT2D eigenvalue weighted by Gasteiger charge is 2.55. The molecule has 7 heteroatoms. The summed E-state index contributed by atoms with van der Waals surface area (Å²) < 4.78 is 11.4. The van der Waals surface area contributed by atoms with E-state index in [-0.39, 0.29) is 12.7 Å². The molecule has 1 saturated carbocycles. The van der Waals surface area contributed by atoms with Crippen LogP contribution in [0.5, 0.6) is 5.88 Å². The minimum Gasteiger partial charge on any atom is -0.474 e. The number of ether oxygens (including phenoxy) is 2. The standard InChI is InChI=1S/C21H24ClN3O3/c1-21(2,25-20(26)27-12-13-6-4-3-5-7-13)14-8-17(22)24-18(9-14)28-19-15-10-23-11-16(15)19/h3-9,15-16,19,23H,10-12H2,1-2H3,(H,25,26)/t15-,16+,19?. The summed E-state index contributed by atoms with van der Waals surface area (Å²) in [5, 5.41) is 6.57. The average molecular weight is 402 g/mol. The van der Waals surface area contributed by atoms with Crippen molar-refractivity contribution in [1.29, 1.82) is 0 Å². The summed E-state index contributed by atoms with van der Waals surface area (Å²) in [7, 11) is 0. The Morgan fingerprint density at radius 1 is 1.25 bits per heavy atom. The Morgan fingerprint density at radius 2 is 1.96 bits per heavy atom. The van der Waals surface area contributed by atoms with Gasteiger partial charge < -0.3 is 20.1 Å². The lowest BCUT2D eigenvalue weighted by molar-refractivity contribution is 0.129. The van der Waals surface area contributed by atoms with Gasteiger partial charge in [-0.25, -0.2) is 9.78 Å². The zero-order valence-corrected chi connectivity index (χ0v) is 16.7. The van der Waals surface area contributed by atoms with Gasteiger partial charge in [-0.15, -0.1) is 0 Å². The number of nitrogens with zero attached hydrogens (tertiary/aromatic N) is 1. The quantitative estimate of drug-likeness (QED) is 0.725. The highest BCUT2D eigenvalue weighted by Crippen LogP contribution is 2.44. The van der Waals surface area contributed by atoms with Crippen LogP contribution in [0.15, 0.2) is 42.5 Å². The molecule has 2 heterocycles. The number of amides is 1. The predicted molar refractivity (Wildman–Crippen MR) is 106 cm³/mol. The van der Waals surface area contributed by atoms with Crippen molar-refractivity contribution in [2.75, 3.05) is 13.1 Å². The molecule has 2 N–H and O–H groups in total. The predicted octanol–water partition coefficient (Wildman–Crippen LogP) is 3.49. The van der Waals surface area contributed by atoms with Crippen LogP contribution in [0, 0.1) is 11.8 Å². The Bertz CT molecular complexity index is 849. The van der Waals surface area contributed by atoms with Gasteiger partial charge >= 0.3 is 6.09 Å². The molecule has 2 fully saturated rings.